The van der Waals surface area contributed by atoms with Crippen LogP contribution >= 0.6 is 0 Å². The number of aromatic nitrogens is 4. The molecule has 3 aromatic rings. The molecule has 0 bridgehead atoms. The maximum Gasteiger partial charge on any atom is 0.434 e. The number of amides is 1. The summed E-state index contributed by atoms with van der Waals surface area (Å²) in [4.78, 5) is 27.1. The summed E-state index contributed by atoms with van der Waals surface area (Å²) >= 11 is 0. The quantitative estimate of drug-likeness (QED) is 0.525. The van der Waals surface area contributed by atoms with E-state index in [1.54, 1.807) is 12.1 Å². The third-order valence-electron chi connectivity index (χ3n) is 5.81. The molecule has 11 heteroatoms. The number of halogens is 3. The number of nitrogens with zero attached hydrogens (tertiary/aromatic N) is 5. The van der Waals surface area contributed by atoms with Gasteiger partial charge in [-0.1, -0.05) is 29.8 Å². The Labute approximate surface area is 193 Å². The van der Waals surface area contributed by atoms with Gasteiger partial charge in [0.05, 0.1) is 18.9 Å². The van der Waals surface area contributed by atoms with Gasteiger partial charge in [0.1, 0.15) is 0 Å². The number of methoxy groups -OCH3 is 1. The summed E-state index contributed by atoms with van der Waals surface area (Å²) in [6.07, 6.45) is -3.22. The van der Waals surface area contributed by atoms with E-state index in [1.165, 1.54) is 24.1 Å². The molecule has 0 unspecified atom stereocenters. The van der Waals surface area contributed by atoms with Crippen molar-refractivity contribution < 1.29 is 27.5 Å². The summed E-state index contributed by atoms with van der Waals surface area (Å²) in [6.45, 7) is 2.27. The lowest BCUT2D eigenvalue weighted by Gasteiger charge is -2.31. The lowest BCUT2D eigenvalue weighted by molar-refractivity contribution is -0.143. The maximum atomic E-state index is 13.9. The highest BCUT2D eigenvalue weighted by Crippen LogP contribution is 2.34. The van der Waals surface area contributed by atoms with Crippen molar-refractivity contribution in [2.24, 2.45) is 5.92 Å². The molecule has 2 aromatic heterocycles. The van der Waals surface area contributed by atoms with Crippen LogP contribution in [0.2, 0.25) is 0 Å². The van der Waals surface area contributed by atoms with Crippen LogP contribution in [0.5, 0.6) is 5.88 Å². The number of benzene rings is 1. The highest BCUT2D eigenvalue weighted by molar-refractivity contribution is 5.98. The van der Waals surface area contributed by atoms with E-state index in [0.717, 1.165) is 11.8 Å². The number of ether oxygens (including phenoxy) is 1. The van der Waals surface area contributed by atoms with Crippen molar-refractivity contribution in [1.82, 2.24) is 24.9 Å². The number of Topliss-reactive ketones (excluding diaryl/α,β-unsaturated/α-hetero) is 1. The van der Waals surface area contributed by atoms with E-state index < -0.39 is 23.3 Å². The summed E-state index contributed by atoms with van der Waals surface area (Å²) in [5, 5.41) is 11.1. The molecule has 34 heavy (non-hydrogen) atoms. The Morgan fingerprint density at radius 1 is 1.03 bits per heavy atom. The lowest BCUT2D eigenvalue weighted by Crippen LogP contribution is -2.41. The lowest BCUT2D eigenvalue weighted by atomic mass is 9.88. The first-order chi connectivity index (χ1) is 16.2. The average Bonchev–Trinajstić information content (AvgIpc) is 3.30. The van der Waals surface area contributed by atoms with Gasteiger partial charge in [0, 0.05) is 30.6 Å². The molecule has 1 aliphatic heterocycles. The summed E-state index contributed by atoms with van der Waals surface area (Å²) in [5.41, 5.74) is -0.168. The van der Waals surface area contributed by atoms with Crippen molar-refractivity contribution in [1.29, 1.82) is 0 Å². The molecule has 1 saturated heterocycles. The second kappa shape index (κ2) is 9.24. The Kier molecular flexibility index (Phi) is 6.36. The molecule has 0 aliphatic carbocycles. The molecule has 178 valence electrons. The molecule has 1 amide bonds. The summed E-state index contributed by atoms with van der Waals surface area (Å²) in [7, 11) is 1.35. The van der Waals surface area contributed by atoms with Gasteiger partial charge in [-0.2, -0.15) is 18.3 Å². The van der Waals surface area contributed by atoms with Gasteiger partial charge < -0.3 is 9.64 Å². The largest absolute Gasteiger partial charge is 0.480 e. The number of alkyl halides is 3. The monoisotopic (exact) mass is 473 g/mol. The third kappa shape index (κ3) is 4.63. The third-order valence-corrected chi connectivity index (χ3v) is 5.81. The van der Waals surface area contributed by atoms with Crippen molar-refractivity contribution in [2.75, 3.05) is 20.2 Å². The van der Waals surface area contributed by atoms with Crippen LogP contribution < -0.4 is 4.74 Å². The molecule has 4 rings (SSSR count). The molecule has 1 fully saturated rings. The molecule has 0 saturated carbocycles. The smallest absolute Gasteiger partial charge is 0.434 e. The van der Waals surface area contributed by atoms with Gasteiger partial charge >= 0.3 is 6.18 Å². The predicted octanol–water partition coefficient (Wildman–Crippen LogP) is 3.73. The van der Waals surface area contributed by atoms with Crippen molar-refractivity contribution in [3.8, 4) is 11.7 Å². The number of carbonyl (C=O) groups excluding carboxylic acids is 2. The molecule has 3 heterocycles. The zero-order valence-corrected chi connectivity index (χ0v) is 18.5. The second-order valence-electron chi connectivity index (χ2n) is 8.05. The fourth-order valence-corrected chi connectivity index (χ4v) is 3.95. The molecule has 1 aromatic carbocycles. The van der Waals surface area contributed by atoms with E-state index in [0.29, 0.717) is 23.1 Å². The summed E-state index contributed by atoms with van der Waals surface area (Å²) < 4.78 is 47.2. The number of rotatable bonds is 5. The fourth-order valence-electron chi connectivity index (χ4n) is 3.95. The highest BCUT2D eigenvalue weighted by atomic mass is 19.4. The van der Waals surface area contributed by atoms with Gasteiger partial charge in [-0.25, -0.2) is 4.68 Å². The molecule has 8 nitrogen and oxygen atoms in total. The molecule has 1 aliphatic rings. The van der Waals surface area contributed by atoms with Crippen molar-refractivity contribution in [3.05, 3.63) is 65.0 Å². The number of ketones is 1. The number of hydrogen-bond acceptors (Lipinski definition) is 6. The highest BCUT2D eigenvalue weighted by Gasteiger charge is 2.42. The molecular weight excluding hydrogens is 451 g/mol. The Morgan fingerprint density at radius 2 is 1.71 bits per heavy atom. The number of likely N-dealkylation sites (tertiary alicyclic amines) is 1. The summed E-state index contributed by atoms with van der Waals surface area (Å²) in [5.74, 6) is -1.17. The zero-order valence-electron chi connectivity index (χ0n) is 18.5. The SMILES string of the molecule is COc1ccc(-n2ncc(C(=O)N3CCC(C(=O)c4ccc(C)cc4)CC3)c2C(F)(F)F)nn1. The minimum absolute atomic E-state index is 0.0195. The maximum absolute atomic E-state index is 13.9. The standard InChI is InChI=1S/C23H22F3N5O3/c1-14-3-5-15(6-4-14)20(32)16-9-11-30(12-10-16)22(33)17-13-27-31(21(17)23(24,25)26)18-7-8-19(34-2)29-28-18/h3-8,13,16H,9-12H2,1-2H3. The van der Waals surface area contributed by atoms with Crippen molar-refractivity contribution in [2.45, 2.75) is 25.9 Å². The first kappa shape index (κ1) is 23.4. The first-order valence-corrected chi connectivity index (χ1v) is 10.6. The fraction of sp³-hybridized carbons (Fsp3) is 0.348. The second-order valence-corrected chi connectivity index (χ2v) is 8.05. The molecule has 0 atom stereocenters. The Bertz CT molecular complexity index is 1180. The topological polar surface area (TPSA) is 90.2 Å². The van der Waals surface area contributed by atoms with Crippen LogP contribution in [0.25, 0.3) is 5.82 Å². The summed E-state index contributed by atoms with van der Waals surface area (Å²) in [6, 6.07) is 9.86. The average molecular weight is 473 g/mol. The number of carbonyl (C=O) groups is 2. The number of hydrogen-bond donors (Lipinski definition) is 0. The van der Waals surface area contributed by atoms with Crippen LogP contribution in [0.3, 0.4) is 0 Å². The van der Waals surface area contributed by atoms with E-state index in [9.17, 15) is 22.8 Å². The molecule has 0 N–H and O–H groups in total. The van der Waals surface area contributed by atoms with Crippen LogP contribution in [0.15, 0.2) is 42.6 Å². The Balaban J connectivity index is 1.52. The zero-order chi connectivity index (χ0) is 24.5. The van der Waals surface area contributed by atoms with Crippen LogP contribution in [0.4, 0.5) is 13.2 Å². The minimum Gasteiger partial charge on any atom is -0.480 e. The van der Waals surface area contributed by atoms with E-state index in [1.807, 2.05) is 19.1 Å². The van der Waals surface area contributed by atoms with Crippen LogP contribution in [0, 0.1) is 12.8 Å². The predicted molar refractivity (Wildman–Crippen MR) is 115 cm³/mol. The minimum atomic E-state index is -4.86. The van der Waals surface area contributed by atoms with E-state index >= 15 is 0 Å². The van der Waals surface area contributed by atoms with Crippen LogP contribution in [0.1, 0.15) is 44.8 Å². The van der Waals surface area contributed by atoms with E-state index in [4.69, 9.17) is 4.74 Å². The van der Waals surface area contributed by atoms with E-state index in [2.05, 4.69) is 15.3 Å². The molecule has 0 spiro atoms. The van der Waals surface area contributed by atoms with E-state index in [-0.39, 0.29) is 36.5 Å². The number of piperidine rings is 1. The van der Waals surface area contributed by atoms with Gasteiger partial charge in [-0.15, -0.1) is 10.2 Å². The molecular formula is C23H22F3N5O3. The normalized spacial score (nSPS) is 14.8. The number of aryl methyl sites for hydroxylation is 1. The van der Waals surface area contributed by atoms with Crippen LogP contribution in [-0.2, 0) is 6.18 Å². The van der Waals surface area contributed by atoms with Crippen molar-refractivity contribution in [3.63, 3.8) is 0 Å². The van der Waals surface area contributed by atoms with Gasteiger partial charge in [-0.05, 0) is 25.8 Å². The van der Waals surface area contributed by atoms with Gasteiger partial charge in [0.15, 0.2) is 17.3 Å². The Morgan fingerprint density at radius 3 is 2.26 bits per heavy atom. The van der Waals surface area contributed by atoms with Gasteiger partial charge in [-0.3, -0.25) is 9.59 Å². The van der Waals surface area contributed by atoms with Gasteiger partial charge in [0.25, 0.3) is 5.91 Å². The van der Waals surface area contributed by atoms with Crippen molar-refractivity contribution >= 4 is 11.7 Å². The Hall–Kier alpha value is -3.76. The molecule has 0 radical (unpaired) electrons. The van der Waals surface area contributed by atoms with Gasteiger partial charge in [0.2, 0.25) is 5.88 Å². The van der Waals surface area contributed by atoms with Crippen LogP contribution in [-0.4, -0.2) is 56.8 Å². The first-order valence-electron chi connectivity index (χ1n) is 10.6.